The minimum Gasteiger partial charge on any atom is -0.490 e. The molecule has 150 valence electrons. The van der Waals surface area contributed by atoms with Crippen molar-refractivity contribution in [2.24, 2.45) is 0 Å². The van der Waals surface area contributed by atoms with E-state index in [1.165, 1.54) is 12.5 Å². The number of piperidine rings is 1. The smallest absolute Gasteiger partial charge is 0.222 e. The molecule has 2 rings (SSSR count). The molecule has 0 unspecified atom stereocenters. The summed E-state index contributed by atoms with van der Waals surface area (Å²) in [6, 6.07) is 3.25. The molecular weight excluding hydrogens is 432 g/mol. The Morgan fingerprint density at radius 2 is 1.70 bits per heavy atom. The molecule has 0 aliphatic carbocycles. The average Bonchev–Trinajstić information content (AvgIpc) is 2.63. The Hall–Kier alpha value is -0.810. The Morgan fingerprint density at radius 1 is 1.04 bits per heavy atom. The minimum atomic E-state index is 0.130. The quantitative estimate of drug-likeness (QED) is 0.413. The summed E-state index contributed by atoms with van der Waals surface area (Å²) < 4.78 is 11.3. The molecule has 8 heteroatoms. The first-order chi connectivity index (χ1) is 13.0. The lowest BCUT2D eigenvalue weighted by Crippen LogP contribution is -2.35. The maximum atomic E-state index is 12.1. The van der Waals surface area contributed by atoms with Crippen molar-refractivity contribution < 1.29 is 14.3 Å². The molecule has 1 heterocycles. The number of hydrogen-bond donors (Lipinski definition) is 0. The van der Waals surface area contributed by atoms with E-state index in [2.05, 4.69) is 0 Å². The highest BCUT2D eigenvalue weighted by atomic mass is 35.5. The lowest BCUT2D eigenvalue weighted by Gasteiger charge is -2.26. The van der Waals surface area contributed by atoms with Gasteiger partial charge in [0.2, 0.25) is 5.91 Å². The highest BCUT2D eigenvalue weighted by Crippen LogP contribution is 2.37. The van der Waals surface area contributed by atoms with Gasteiger partial charge in [0.1, 0.15) is 16.8 Å². The molecule has 0 spiro atoms. The van der Waals surface area contributed by atoms with Crippen LogP contribution in [0.3, 0.4) is 0 Å². The maximum absolute atomic E-state index is 12.1. The standard InChI is InChI=1S/C19H23Cl4NO3/c20-15-12-14(26-11-7-17(22)23)13-16(21)19(15)27-10-5-2-6-18(25)24-8-3-1-4-9-24/h7,12-13H,1-6,8-11H2. The van der Waals surface area contributed by atoms with Gasteiger partial charge in [-0.15, -0.1) is 0 Å². The lowest BCUT2D eigenvalue weighted by atomic mass is 10.1. The minimum absolute atomic E-state index is 0.130. The van der Waals surface area contributed by atoms with E-state index in [0.717, 1.165) is 38.8 Å². The van der Waals surface area contributed by atoms with E-state index in [9.17, 15) is 4.79 Å². The summed E-state index contributed by atoms with van der Waals surface area (Å²) in [5.41, 5.74) is 0. The molecule has 1 aromatic rings. The first-order valence-electron chi connectivity index (χ1n) is 9.01. The number of likely N-dealkylation sites (tertiary alicyclic amines) is 1. The summed E-state index contributed by atoms with van der Waals surface area (Å²) in [5.74, 6) is 1.15. The van der Waals surface area contributed by atoms with Crippen molar-refractivity contribution >= 4 is 52.3 Å². The van der Waals surface area contributed by atoms with Crippen molar-refractivity contribution in [3.05, 3.63) is 32.7 Å². The number of nitrogens with zero attached hydrogens (tertiary/aromatic N) is 1. The molecule has 0 saturated carbocycles. The molecule has 1 amide bonds. The topological polar surface area (TPSA) is 38.8 Å². The summed E-state index contributed by atoms with van der Waals surface area (Å²) in [7, 11) is 0. The number of rotatable bonds is 9. The number of halogens is 4. The number of ether oxygens (including phenoxy) is 2. The zero-order chi connectivity index (χ0) is 19.6. The van der Waals surface area contributed by atoms with Crippen molar-refractivity contribution in [1.82, 2.24) is 4.90 Å². The molecule has 1 aliphatic rings. The fourth-order valence-corrected chi connectivity index (χ4v) is 3.51. The van der Waals surface area contributed by atoms with Gasteiger partial charge in [-0.05, 0) is 38.2 Å². The molecule has 0 bridgehead atoms. The van der Waals surface area contributed by atoms with Crippen LogP contribution in [0.5, 0.6) is 11.5 Å². The van der Waals surface area contributed by atoms with E-state index < -0.39 is 0 Å². The second kappa shape index (κ2) is 11.9. The van der Waals surface area contributed by atoms with Crippen molar-refractivity contribution in [1.29, 1.82) is 0 Å². The van der Waals surface area contributed by atoms with Gasteiger partial charge < -0.3 is 14.4 Å². The van der Waals surface area contributed by atoms with E-state index in [-0.39, 0.29) is 17.0 Å². The van der Waals surface area contributed by atoms with E-state index in [1.54, 1.807) is 12.1 Å². The third-order valence-corrected chi connectivity index (χ3v) is 5.07. The van der Waals surface area contributed by atoms with Crippen LogP contribution in [0.2, 0.25) is 10.0 Å². The molecule has 0 N–H and O–H groups in total. The number of carbonyl (C=O) groups is 1. The first-order valence-corrected chi connectivity index (χ1v) is 10.5. The van der Waals surface area contributed by atoms with Gasteiger partial charge in [0, 0.05) is 31.6 Å². The molecule has 1 aromatic carbocycles. The average molecular weight is 455 g/mol. The molecule has 1 fully saturated rings. The zero-order valence-corrected chi connectivity index (χ0v) is 18.0. The van der Waals surface area contributed by atoms with Gasteiger partial charge in [0.25, 0.3) is 0 Å². The second-order valence-corrected chi connectivity index (χ2v) is 8.09. The molecule has 0 radical (unpaired) electrons. The Morgan fingerprint density at radius 3 is 2.33 bits per heavy atom. The zero-order valence-electron chi connectivity index (χ0n) is 15.0. The Labute approximate surface area is 180 Å². The monoisotopic (exact) mass is 453 g/mol. The molecular formula is C19H23Cl4NO3. The van der Waals surface area contributed by atoms with Gasteiger partial charge in [-0.3, -0.25) is 4.79 Å². The van der Waals surface area contributed by atoms with E-state index in [1.807, 2.05) is 4.90 Å². The molecule has 0 atom stereocenters. The van der Waals surface area contributed by atoms with Gasteiger partial charge in [-0.25, -0.2) is 0 Å². The van der Waals surface area contributed by atoms with Crippen molar-refractivity contribution in [3.8, 4) is 11.5 Å². The molecule has 1 aliphatic heterocycles. The Kier molecular flexibility index (Phi) is 9.91. The summed E-state index contributed by atoms with van der Waals surface area (Å²) in [5, 5.41) is 0.727. The second-order valence-electron chi connectivity index (χ2n) is 6.27. The number of unbranched alkanes of at least 4 members (excludes halogenated alkanes) is 1. The number of hydrogen-bond acceptors (Lipinski definition) is 3. The predicted octanol–water partition coefficient (Wildman–Crippen LogP) is 6.25. The van der Waals surface area contributed by atoms with Crippen molar-refractivity contribution in [2.75, 3.05) is 26.3 Å². The normalized spacial score (nSPS) is 14.0. The van der Waals surface area contributed by atoms with Crippen molar-refractivity contribution in [2.45, 2.75) is 38.5 Å². The largest absolute Gasteiger partial charge is 0.490 e. The van der Waals surface area contributed by atoms with E-state index >= 15 is 0 Å². The van der Waals surface area contributed by atoms with Crippen LogP contribution in [0.25, 0.3) is 0 Å². The fraction of sp³-hybridized carbons (Fsp3) is 0.526. The van der Waals surface area contributed by atoms with E-state index in [4.69, 9.17) is 55.9 Å². The first kappa shape index (κ1) is 22.5. The Balaban J connectivity index is 1.73. The summed E-state index contributed by atoms with van der Waals surface area (Å²) in [4.78, 5) is 14.1. The van der Waals surface area contributed by atoms with E-state index in [0.29, 0.717) is 34.6 Å². The third-order valence-electron chi connectivity index (χ3n) is 4.20. The van der Waals surface area contributed by atoms with Gasteiger partial charge in [0.15, 0.2) is 5.75 Å². The maximum Gasteiger partial charge on any atom is 0.222 e. The van der Waals surface area contributed by atoms with Gasteiger partial charge in [0.05, 0.1) is 16.7 Å². The van der Waals surface area contributed by atoms with Gasteiger partial charge in [-0.2, -0.15) is 0 Å². The van der Waals surface area contributed by atoms with Crippen LogP contribution >= 0.6 is 46.4 Å². The molecule has 1 saturated heterocycles. The van der Waals surface area contributed by atoms with Crippen molar-refractivity contribution in [3.63, 3.8) is 0 Å². The highest BCUT2D eigenvalue weighted by molar-refractivity contribution is 6.55. The highest BCUT2D eigenvalue weighted by Gasteiger charge is 2.16. The SMILES string of the molecule is O=C(CCCCOc1c(Cl)cc(OCC=C(Cl)Cl)cc1Cl)N1CCCCC1. The molecule has 27 heavy (non-hydrogen) atoms. The van der Waals surface area contributed by atoms with Crippen LogP contribution in [0.15, 0.2) is 22.7 Å². The predicted molar refractivity (Wildman–Crippen MR) is 112 cm³/mol. The number of benzene rings is 1. The molecule has 4 nitrogen and oxygen atoms in total. The van der Waals surface area contributed by atoms with Gasteiger partial charge >= 0.3 is 0 Å². The van der Waals surface area contributed by atoms with Crippen LogP contribution in [0.1, 0.15) is 38.5 Å². The summed E-state index contributed by atoms with van der Waals surface area (Å²) in [6.45, 7) is 2.43. The molecule has 0 aromatic heterocycles. The Bertz CT molecular complexity index is 633. The van der Waals surface area contributed by atoms with Gasteiger partial charge in [-0.1, -0.05) is 46.4 Å². The number of amides is 1. The lowest BCUT2D eigenvalue weighted by molar-refractivity contribution is -0.132. The third kappa shape index (κ3) is 7.98. The fourth-order valence-electron chi connectivity index (χ4n) is 2.81. The summed E-state index contributed by atoms with van der Waals surface area (Å²) in [6.07, 6.45) is 7.04. The number of carbonyl (C=O) groups excluding carboxylic acids is 1. The summed E-state index contributed by atoms with van der Waals surface area (Å²) >= 11 is 23.5. The van der Waals surface area contributed by atoms with Crippen LogP contribution in [0.4, 0.5) is 0 Å². The van der Waals surface area contributed by atoms with Crippen LogP contribution < -0.4 is 9.47 Å². The van der Waals surface area contributed by atoms with Crippen LogP contribution in [0, 0.1) is 0 Å². The van der Waals surface area contributed by atoms with Crippen LogP contribution in [-0.4, -0.2) is 37.1 Å². The van der Waals surface area contributed by atoms with Crippen LogP contribution in [-0.2, 0) is 4.79 Å².